The molecular weight excluding hydrogens is 315 g/mol. The molecule has 0 saturated carbocycles. The van der Waals surface area contributed by atoms with Crippen LogP contribution in [0.15, 0.2) is 9.32 Å². The Hall–Kier alpha value is -2.04. The predicted molar refractivity (Wildman–Crippen MR) is 66.3 cm³/mol. The molecule has 2 rings (SSSR count). The second kappa shape index (κ2) is 5.39. The summed E-state index contributed by atoms with van der Waals surface area (Å²) in [5, 5.41) is 16.0. The maximum Gasteiger partial charge on any atom is 0.441 e. The second-order valence-corrected chi connectivity index (χ2v) is 5.10. The van der Waals surface area contributed by atoms with Crippen molar-refractivity contribution in [3.63, 3.8) is 0 Å². The van der Waals surface area contributed by atoms with E-state index in [4.69, 9.17) is 9.63 Å². The molecule has 2 aromatic heterocycles. The number of halogens is 3. The first-order valence-electron chi connectivity index (χ1n) is 5.52. The summed E-state index contributed by atoms with van der Waals surface area (Å²) >= 11 is -0.329. The van der Waals surface area contributed by atoms with Crippen molar-refractivity contribution in [3.8, 4) is 0 Å². The van der Waals surface area contributed by atoms with Crippen LogP contribution in [-0.2, 0) is 6.54 Å². The van der Waals surface area contributed by atoms with E-state index in [0.29, 0.717) is 4.68 Å². The van der Waals surface area contributed by atoms with Gasteiger partial charge in [-0.3, -0.25) is 4.79 Å². The van der Waals surface area contributed by atoms with Gasteiger partial charge in [-0.15, -0.1) is 0 Å². The zero-order valence-corrected chi connectivity index (χ0v) is 11.3. The van der Waals surface area contributed by atoms with E-state index < -0.39 is 35.0 Å². The fourth-order valence-electron chi connectivity index (χ4n) is 1.68. The summed E-state index contributed by atoms with van der Waals surface area (Å²) in [6.45, 7) is 1.01. The first-order chi connectivity index (χ1) is 9.70. The number of aromatic carboxylic acids is 1. The minimum Gasteiger partial charge on any atom is -0.476 e. The molecule has 0 aliphatic carbocycles. The van der Waals surface area contributed by atoms with Crippen LogP contribution >= 0.6 is 11.8 Å². The van der Waals surface area contributed by atoms with Gasteiger partial charge < -0.3 is 9.63 Å². The van der Waals surface area contributed by atoms with Gasteiger partial charge in [0.1, 0.15) is 5.76 Å². The summed E-state index contributed by atoms with van der Waals surface area (Å²) in [5.74, 6) is -1.80. The Morgan fingerprint density at radius 3 is 2.71 bits per heavy atom. The molecule has 7 nitrogen and oxygen atoms in total. The molecule has 0 spiro atoms. The van der Waals surface area contributed by atoms with Gasteiger partial charge >= 0.3 is 11.5 Å². The van der Waals surface area contributed by atoms with E-state index in [1.54, 1.807) is 0 Å². The molecule has 0 atom stereocenters. The van der Waals surface area contributed by atoms with Crippen molar-refractivity contribution in [1.82, 2.24) is 14.9 Å². The molecule has 1 N–H and O–H groups in total. The number of thioether (sulfide) groups is 1. The topological polar surface area (TPSA) is 98.2 Å². The number of carboxylic acids is 1. The first kappa shape index (κ1) is 15.4. The zero-order valence-electron chi connectivity index (χ0n) is 10.5. The van der Waals surface area contributed by atoms with Gasteiger partial charge in [0.05, 0.1) is 11.9 Å². The highest BCUT2D eigenvalue weighted by atomic mass is 32.2. The van der Waals surface area contributed by atoms with E-state index >= 15 is 0 Å². The Morgan fingerprint density at radius 1 is 1.48 bits per heavy atom. The van der Waals surface area contributed by atoms with Gasteiger partial charge in [-0.05, 0) is 18.7 Å². The molecule has 0 aliphatic heterocycles. The molecule has 0 radical (unpaired) electrons. The number of carboxylic acid groups (broad SMARTS) is 1. The van der Waals surface area contributed by atoms with Crippen LogP contribution in [-0.4, -0.2) is 37.3 Å². The van der Waals surface area contributed by atoms with Crippen LogP contribution in [0.5, 0.6) is 0 Å². The van der Waals surface area contributed by atoms with Crippen LogP contribution in [0.4, 0.5) is 13.2 Å². The number of carbonyl (C=O) groups is 1. The third-order valence-corrected chi connectivity index (χ3v) is 3.24. The van der Waals surface area contributed by atoms with Gasteiger partial charge in [-0.2, -0.15) is 18.3 Å². The van der Waals surface area contributed by atoms with Crippen LogP contribution in [0.3, 0.4) is 0 Å². The number of aryl methyl sites for hydroxylation is 2. The zero-order chi connectivity index (χ0) is 15.8. The Morgan fingerprint density at radius 2 is 2.14 bits per heavy atom. The SMILES string of the molecule is Cc1onc2c(=O)n(CCSC(F)(F)F)nc(C(=O)O)c12. The molecule has 0 unspecified atom stereocenters. The van der Waals surface area contributed by atoms with E-state index in [-0.39, 0.29) is 28.4 Å². The molecule has 0 amide bonds. The van der Waals surface area contributed by atoms with E-state index in [1.807, 2.05) is 0 Å². The van der Waals surface area contributed by atoms with Crippen LogP contribution in [0.25, 0.3) is 10.9 Å². The molecule has 0 bridgehead atoms. The van der Waals surface area contributed by atoms with Gasteiger partial charge in [-0.25, -0.2) is 9.48 Å². The lowest BCUT2D eigenvalue weighted by Crippen LogP contribution is -2.27. The lowest BCUT2D eigenvalue weighted by Gasteiger charge is -2.07. The first-order valence-corrected chi connectivity index (χ1v) is 6.50. The van der Waals surface area contributed by atoms with Crippen LogP contribution in [0.1, 0.15) is 16.2 Å². The van der Waals surface area contributed by atoms with E-state index in [1.165, 1.54) is 6.92 Å². The minimum absolute atomic E-state index is 0.0489. The third kappa shape index (κ3) is 3.17. The molecule has 11 heteroatoms. The summed E-state index contributed by atoms with van der Waals surface area (Å²) in [5.41, 5.74) is -5.99. The number of hydrogen-bond acceptors (Lipinski definition) is 6. The fourth-order valence-corrected chi connectivity index (χ4v) is 2.18. The number of hydrogen-bond donors (Lipinski definition) is 1. The normalized spacial score (nSPS) is 12.0. The van der Waals surface area contributed by atoms with Crippen molar-refractivity contribution < 1.29 is 27.6 Å². The highest BCUT2D eigenvalue weighted by molar-refractivity contribution is 8.00. The molecule has 0 saturated heterocycles. The summed E-state index contributed by atoms with van der Waals surface area (Å²) in [7, 11) is 0. The summed E-state index contributed by atoms with van der Waals surface area (Å²) in [6.07, 6.45) is 0. The van der Waals surface area contributed by atoms with Crippen molar-refractivity contribution in [2.75, 3.05) is 5.75 Å². The predicted octanol–water partition coefficient (Wildman–Crippen LogP) is 1.64. The average Bonchev–Trinajstić information content (AvgIpc) is 2.73. The van der Waals surface area contributed by atoms with Gasteiger partial charge in [0.25, 0.3) is 5.56 Å². The lowest BCUT2D eigenvalue weighted by atomic mass is 10.2. The van der Waals surface area contributed by atoms with Crippen LogP contribution in [0, 0.1) is 6.92 Å². The highest BCUT2D eigenvalue weighted by Crippen LogP contribution is 2.29. The molecule has 114 valence electrons. The largest absolute Gasteiger partial charge is 0.476 e. The van der Waals surface area contributed by atoms with Gasteiger partial charge in [-0.1, -0.05) is 5.16 Å². The summed E-state index contributed by atoms with van der Waals surface area (Å²) < 4.78 is 41.6. The molecule has 0 aromatic carbocycles. The Labute approximate surface area is 118 Å². The van der Waals surface area contributed by atoms with Crippen molar-refractivity contribution in [1.29, 1.82) is 0 Å². The number of fused-ring (bicyclic) bond motifs is 1. The maximum atomic E-state index is 12.1. The number of nitrogens with zero attached hydrogens (tertiary/aromatic N) is 3. The lowest BCUT2D eigenvalue weighted by molar-refractivity contribution is -0.0328. The van der Waals surface area contributed by atoms with Crippen molar-refractivity contribution >= 4 is 28.6 Å². The van der Waals surface area contributed by atoms with Crippen LogP contribution in [0.2, 0.25) is 0 Å². The fraction of sp³-hybridized carbons (Fsp3) is 0.400. The highest BCUT2D eigenvalue weighted by Gasteiger charge is 2.28. The second-order valence-electron chi connectivity index (χ2n) is 3.94. The number of rotatable bonds is 4. The monoisotopic (exact) mass is 323 g/mol. The quantitative estimate of drug-likeness (QED) is 0.913. The Balaban J connectivity index is 2.43. The molecule has 0 fully saturated rings. The third-order valence-electron chi connectivity index (χ3n) is 2.53. The Kier molecular flexibility index (Phi) is 3.94. The summed E-state index contributed by atoms with van der Waals surface area (Å²) in [4.78, 5) is 23.1. The standard InChI is InChI=1S/C10H8F3N3O4S/c1-4-5-6(15-20-4)8(17)16(14-7(5)9(18)19)2-3-21-10(11,12)13/h2-3H2,1H3,(H,18,19). The summed E-state index contributed by atoms with van der Waals surface area (Å²) in [6, 6.07) is 0. The molecule has 2 heterocycles. The van der Waals surface area contributed by atoms with Crippen LogP contribution < -0.4 is 5.56 Å². The van der Waals surface area contributed by atoms with Gasteiger partial charge in [0.15, 0.2) is 11.2 Å². The van der Waals surface area contributed by atoms with Crippen molar-refractivity contribution in [2.45, 2.75) is 19.0 Å². The Bertz CT molecular complexity index is 752. The van der Waals surface area contributed by atoms with Gasteiger partial charge in [0, 0.05) is 5.75 Å². The van der Waals surface area contributed by atoms with E-state index in [0.717, 1.165) is 0 Å². The van der Waals surface area contributed by atoms with E-state index in [9.17, 15) is 22.8 Å². The number of aromatic nitrogens is 3. The van der Waals surface area contributed by atoms with Crippen molar-refractivity contribution in [3.05, 3.63) is 21.8 Å². The smallest absolute Gasteiger partial charge is 0.441 e. The molecular formula is C10H8F3N3O4S. The average molecular weight is 323 g/mol. The maximum absolute atomic E-state index is 12.1. The van der Waals surface area contributed by atoms with Gasteiger partial charge in [0.2, 0.25) is 0 Å². The minimum atomic E-state index is -4.44. The van der Waals surface area contributed by atoms with E-state index in [2.05, 4.69) is 10.3 Å². The molecule has 0 aliphatic rings. The number of alkyl halides is 3. The van der Waals surface area contributed by atoms with Crippen molar-refractivity contribution in [2.24, 2.45) is 0 Å². The molecule has 21 heavy (non-hydrogen) atoms. The molecule has 2 aromatic rings.